The van der Waals surface area contributed by atoms with Gasteiger partial charge in [-0.05, 0) is 30.3 Å². The lowest BCUT2D eigenvalue weighted by Crippen LogP contribution is -2.15. The molecule has 0 spiro atoms. The molecule has 0 aliphatic carbocycles. The summed E-state index contributed by atoms with van der Waals surface area (Å²) in [5.74, 6) is 2.53. The third-order valence-electron chi connectivity index (χ3n) is 4.92. The second-order valence-corrected chi connectivity index (χ2v) is 6.65. The van der Waals surface area contributed by atoms with Gasteiger partial charge in [-0.1, -0.05) is 6.07 Å². The molecule has 2 aromatic carbocycles. The van der Waals surface area contributed by atoms with Gasteiger partial charge in [0.2, 0.25) is 19.0 Å². The highest BCUT2D eigenvalue weighted by atomic mass is 16.7. The van der Waals surface area contributed by atoms with Crippen molar-refractivity contribution in [2.75, 3.05) is 13.6 Å². The lowest BCUT2D eigenvalue weighted by molar-refractivity contribution is 0.173. The number of rotatable bonds is 3. The molecule has 6 rings (SSSR count). The summed E-state index contributed by atoms with van der Waals surface area (Å²) in [4.78, 5) is 12.7. The van der Waals surface area contributed by atoms with Gasteiger partial charge in [-0.25, -0.2) is 9.36 Å². The summed E-state index contributed by atoms with van der Waals surface area (Å²) in [7, 11) is 0. The molecule has 0 N–H and O–H groups in total. The van der Waals surface area contributed by atoms with Crippen LogP contribution in [0, 0.1) is 0 Å². The van der Waals surface area contributed by atoms with Crippen molar-refractivity contribution in [3.8, 4) is 45.8 Å². The lowest BCUT2D eigenvalue weighted by Gasteiger charge is -2.11. The zero-order valence-electron chi connectivity index (χ0n) is 15.5. The van der Waals surface area contributed by atoms with E-state index in [1.807, 2.05) is 36.4 Å². The minimum absolute atomic E-state index is 0.149. The van der Waals surface area contributed by atoms with Crippen molar-refractivity contribution < 1.29 is 18.9 Å². The third kappa shape index (κ3) is 2.52. The van der Waals surface area contributed by atoms with Crippen LogP contribution in [0.1, 0.15) is 0 Å². The van der Waals surface area contributed by atoms with Gasteiger partial charge in [0.15, 0.2) is 28.7 Å². The number of aromatic nitrogens is 4. The van der Waals surface area contributed by atoms with E-state index in [0.29, 0.717) is 34.4 Å². The van der Waals surface area contributed by atoms with Crippen molar-refractivity contribution in [3.63, 3.8) is 0 Å². The first kappa shape index (κ1) is 16.7. The summed E-state index contributed by atoms with van der Waals surface area (Å²) < 4.78 is 25.1. The quantitative estimate of drug-likeness (QED) is 0.520. The maximum atomic E-state index is 12.7. The van der Waals surface area contributed by atoms with Crippen LogP contribution in [-0.2, 0) is 0 Å². The fourth-order valence-electron chi connectivity index (χ4n) is 3.52. The highest BCUT2D eigenvalue weighted by Gasteiger charge is 2.21. The molecule has 148 valence electrons. The highest BCUT2D eigenvalue weighted by molar-refractivity contribution is 5.61. The zero-order valence-corrected chi connectivity index (χ0v) is 15.5. The Morgan fingerprint density at radius 3 is 2.70 bits per heavy atom. The van der Waals surface area contributed by atoms with Gasteiger partial charge >= 0.3 is 0 Å². The summed E-state index contributed by atoms with van der Waals surface area (Å²) in [6.07, 6.45) is 3.22. The van der Waals surface area contributed by atoms with Gasteiger partial charge < -0.3 is 18.9 Å². The Kier molecular flexibility index (Phi) is 3.54. The van der Waals surface area contributed by atoms with Crippen LogP contribution >= 0.6 is 0 Å². The average molecular weight is 402 g/mol. The minimum Gasteiger partial charge on any atom is -0.454 e. The second kappa shape index (κ2) is 6.38. The van der Waals surface area contributed by atoms with Crippen LogP contribution in [0.5, 0.6) is 23.0 Å². The van der Waals surface area contributed by atoms with E-state index in [0.717, 1.165) is 5.69 Å². The molecule has 4 heterocycles. The maximum absolute atomic E-state index is 12.7. The van der Waals surface area contributed by atoms with E-state index in [1.165, 1.54) is 6.07 Å². The number of ether oxygens (including phenoxy) is 4. The largest absolute Gasteiger partial charge is 0.454 e. The number of fused-ring (bicyclic) bond motifs is 2. The van der Waals surface area contributed by atoms with E-state index < -0.39 is 0 Å². The standard InChI is InChI=1S/C21H14N4O5/c26-16-7-9-24(15-2-1-3-18-21(15)30-12-28-18)23-20(16)14-6-8-22-25(14)13-4-5-17-19(10-13)29-11-27-17/h1-10H,11-12H2. The fourth-order valence-corrected chi connectivity index (χ4v) is 3.52. The summed E-state index contributed by atoms with van der Waals surface area (Å²) in [5.41, 5.74) is 1.99. The zero-order chi connectivity index (χ0) is 20.1. The molecular weight excluding hydrogens is 388 g/mol. The molecule has 9 nitrogen and oxygen atoms in total. The van der Waals surface area contributed by atoms with Crippen LogP contribution in [-0.4, -0.2) is 33.1 Å². The van der Waals surface area contributed by atoms with Crippen molar-refractivity contribution in [1.82, 2.24) is 19.6 Å². The minimum atomic E-state index is -0.224. The van der Waals surface area contributed by atoms with Crippen LogP contribution in [0.25, 0.3) is 22.8 Å². The molecule has 4 aromatic rings. The van der Waals surface area contributed by atoms with E-state index in [4.69, 9.17) is 18.9 Å². The molecule has 0 bridgehead atoms. The monoisotopic (exact) mass is 402 g/mol. The van der Waals surface area contributed by atoms with Gasteiger partial charge in [-0.15, -0.1) is 0 Å². The predicted octanol–water partition coefficient (Wildman–Crippen LogP) is 2.54. The number of nitrogens with zero attached hydrogens (tertiary/aromatic N) is 4. The van der Waals surface area contributed by atoms with Gasteiger partial charge in [0, 0.05) is 18.3 Å². The maximum Gasteiger partial charge on any atom is 0.231 e. The van der Waals surface area contributed by atoms with Crippen molar-refractivity contribution in [2.24, 2.45) is 0 Å². The highest BCUT2D eigenvalue weighted by Crippen LogP contribution is 2.37. The Labute approximate surface area is 169 Å². The van der Waals surface area contributed by atoms with E-state index in [9.17, 15) is 4.79 Å². The van der Waals surface area contributed by atoms with E-state index in [2.05, 4.69) is 10.2 Å². The van der Waals surface area contributed by atoms with Gasteiger partial charge in [-0.2, -0.15) is 10.2 Å². The van der Waals surface area contributed by atoms with Crippen LogP contribution in [0.4, 0.5) is 0 Å². The molecule has 2 aliphatic rings. The SMILES string of the molecule is O=c1ccn(-c2cccc3c2OCO3)nc1-c1ccnn1-c1ccc2c(c1)OCO2. The molecular formula is C21H14N4O5. The van der Waals surface area contributed by atoms with Crippen LogP contribution < -0.4 is 24.4 Å². The first-order valence-electron chi connectivity index (χ1n) is 9.21. The fraction of sp³-hybridized carbons (Fsp3) is 0.0952. The molecule has 30 heavy (non-hydrogen) atoms. The number of hydrogen-bond donors (Lipinski definition) is 0. The predicted molar refractivity (Wildman–Crippen MR) is 105 cm³/mol. The van der Waals surface area contributed by atoms with Crippen LogP contribution in [0.15, 0.2) is 65.7 Å². The molecule has 0 unspecified atom stereocenters. The Hall–Kier alpha value is -4.27. The first-order chi connectivity index (χ1) is 14.8. The Balaban J connectivity index is 1.48. The second-order valence-electron chi connectivity index (χ2n) is 6.65. The number of hydrogen-bond acceptors (Lipinski definition) is 7. The molecule has 0 radical (unpaired) electrons. The Morgan fingerprint density at radius 2 is 1.73 bits per heavy atom. The summed E-state index contributed by atoms with van der Waals surface area (Å²) in [6.45, 7) is 0.333. The lowest BCUT2D eigenvalue weighted by atomic mass is 10.2. The van der Waals surface area contributed by atoms with Crippen molar-refractivity contribution in [2.45, 2.75) is 0 Å². The smallest absolute Gasteiger partial charge is 0.231 e. The molecule has 2 aliphatic heterocycles. The molecule has 0 saturated heterocycles. The Morgan fingerprint density at radius 1 is 0.867 bits per heavy atom. The van der Waals surface area contributed by atoms with Crippen molar-refractivity contribution >= 4 is 0 Å². The average Bonchev–Trinajstić information content (AvgIpc) is 3.53. The molecule has 2 aromatic heterocycles. The first-order valence-corrected chi connectivity index (χ1v) is 9.21. The van der Waals surface area contributed by atoms with Crippen molar-refractivity contribution in [1.29, 1.82) is 0 Å². The van der Waals surface area contributed by atoms with E-state index in [1.54, 1.807) is 27.8 Å². The molecule has 0 fully saturated rings. The summed E-state index contributed by atoms with van der Waals surface area (Å²) in [6, 6.07) is 14.2. The van der Waals surface area contributed by atoms with Gasteiger partial charge in [-0.3, -0.25) is 4.79 Å². The number of para-hydroxylation sites is 1. The van der Waals surface area contributed by atoms with Gasteiger partial charge in [0.05, 0.1) is 17.6 Å². The normalized spacial score (nSPS) is 13.6. The molecule has 0 amide bonds. The third-order valence-corrected chi connectivity index (χ3v) is 4.92. The van der Waals surface area contributed by atoms with Gasteiger partial charge in [0.1, 0.15) is 5.69 Å². The topological polar surface area (TPSA) is 89.6 Å². The molecule has 9 heteroatoms. The van der Waals surface area contributed by atoms with Crippen LogP contribution in [0.2, 0.25) is 0 Å². The summed E-state index contributed by atoms with van der Waals surface area (Å²) in [5, 5.41) is 8.95. The number of benzene rings is 2. The van der Waals surface area contributed by atoms with Gasteiger partial charge in [0.25, 0.3) is 0 Å². The molecule has 0 saturated carbocycles. The van der Waals surface area contributed by atoms with Crippen LogP contribution in [0.3, 0.4) is 0 Å². The van der Waals surface area contributed by atoms with E-state index in [-0.39, 0.29) is 24.7 Å². The van der Waals surface area contributed by atoms with E-state index >= 15 is 0 Å². The summed E-state index contributed by atoms with van der Waals surface area (Å²) >= 11 is 0. The molecule has 0 atom stereocenters. The Bertz CT molecular complexity index is 1340. The van der Waals surface area contributed by atoms with Crippen molar-refractivity contribution in [3.05, 3.63) is 71.1 Å².